The summed E-state index contributed by atoms with van der Waals surface area (Å²) in [7, 11) is 0. The molecular weight excluding hydrogens is 511 g/mol. The van der Waals surface area contributed by atoms with Crippen molar-refractivity contribution in [1.29, 1.82) is 0 Å². The standard InChI is InChI=1S/C31H31FN4O4/c32-25-16-24(18-33-19-25)31(39)35-13-5-15-40-26-9-4-8-23(17-26)27-20-36(21-28(27)30(38)34-12-14-35)29(37)11-10-22-6-2-1-3-7-22/h1-4,6-11,16-19,27-28H,5,12-15,20-21H2,(H,34,38)/b11-10+/t27-,28+/m1/s1. The van der Waals surface area contributed by atoms with Crippen LogP contribution in [-0.2, 0) is 9.59 Å². The number of carbonyl (C=O) groups is 3. The van der Waals surface area contributed by atoms with Crippen LogP contribution in [0.1, 0.15) is 33.8 Å². The molecule has 8 nitrogen and oxygen atoms in total. The Morgan fingerprint density at radius 1 is 0.975 bits per heavy atom. The number of aromatic nitrogens is 1. The van der Waals surface area contributed by atoms with E-state index in [2.05, 4.69) is 10.3 Å². The summed E-state index contributed by atoms with van der Waals surface area (Å²) in [4.78, 5) is 46.7. The molecule has 9 heteroatoms. The van der Waals surface area contributed by atoms with Crippen LogP contribution in [0.25, 0.3) is 6.08 Å². The predicted molar refractivity (Wildman–Crippen MR) is 148 cm³/mol. The minimum Gasteiger partial charge on any atom is -0.494 e. The van der Waals surface area contributed by atoms with E-state index in [1.54, 1.807) is 22.0 Å². The highest BCUT2D eigenvalue weighted by Crippen LogP contribution is 2.35. The Labute approximate surface area is 232 Å². The molecule has 1 N–H and O–H groups in total. The van der Waals surface area contributed by atoms with Crippen LogP contribution in [0, 0.1) is 11.7 Å². The van der Waals surface area contributed by atoms with Crippen molar-refractivity contribution in [3.63, 3.8) is 0 Å². The number of hydrogen-bond acceptors (Lipinski definition) is 5. The smallest absolute Gasteiger partial charge is 0.255 e. The van der Waals surface area contributed by atoms with Gasteiger partial charge in [-0.15, -0.1) is 0 Å². The van der Waals surface area contributed by atoms with E-state index < -0.39 is 11.7 Å². The summed E-state index contributed by atoms with van der Waals surface area (Å²) < 4.78 is 19.7. The monoisotopic (exact) mass is 542 g/mol. The van der Waals surface area contributed by atoms with Crippen molar-refractivity contribution in [3.8, 4) is 5.75 Å². The Morgan fingerprint density at radius 3 is 2.62 bits per heavy atom. The van der Waals surface area contributed by atoms with E-state index >= 15 is 0 Å². The molecule has 3 heterocycles. The van der Waals surface area contributed by atoms with Crippen LogP contribution >= 0.6 is 0 Å². The van der Waals surface area contributed by atoms with Crippen molar-refractivity contribution in [2.75, 3.05) is 39.3 Å². The Hall–Kier alpha value is -4.53. The summed E-state index contributed by atoms with van der Waals surface area (Å²) in [5, 5.41) is 2.97. The topological polar surface area (TPSA) is 91.8 Å². The number of benzene rings is 2. The zero-order valence-electron chi connectivity index (χ0n) is 22.0. The number of nitrogens with zero attached hydrogens (tertiary/aromatic N) is 3. The molecule has 0 aliphatic carbocycles. The fraction of sp³-hybridized carbons (Fsp3) is 0.290. The van der Waals surface area contributed by atoms with Gasteiger partial charge in [-0.3, -0.25) is 19.4 Å². The van der Waals surface area contributed by atoms with Crippen LogP contribution in [0.2, 0.25) is 0 Å². The van der Waals surface area contributed by atoms with Gasteiger partial charge < -0.3 is 19.9 Å². The normalized spacial score (nSPS) is 19.9. The molecule has 206 valence electrons. The van der Waals surface area contributed by atoms with Crippen LogP contribution in [0.4, 0.5) is 4.39 Å². The number of pyridine rings is 1. The van der Waals surface area contributed by atoms with E-state index in [1.165, 1.54) is 6.20 Å². The minimum atomic E-state index is -0.588. The lowest BCUT2D eigenvalue weighted by Crippen LogP contribution is -2.42. The van der Waals surface area contributed by atoms with E-state index in [1.807, 2.05) is 54.6 Å². The van der Waals surface area contributed by atoms with Crippen molar-refractivity contribution in [1.82, 2.24) is 20.1 Å². The van der Waals surface area contributed by atoms with Crippen LogP contribution < -0.4 is 10.1 Å². The third-order valence-electron chi connectivity index (χ3n) is 7.23. The number of nitrogens with one attached hydrogen (secondary N) is 1. The number of hydrogen-bond donors (Lipinski definition) is 1. The molecule has 5 rings (SSSR count). The zero-order valence-corrected chi connectivity index (χ0v) is 22.0. The van der Waals surface area contributed by atoms with Gasteiger partial charge in [0.25, 0.3) is 5.91 Å². The van der Waals surface area contributed by atoms with Crippen molar-refractivity contribution in [2.24, 2.45) is 5.92 Å². The number of ether oxygens (including phenoxy) is 1. The lowest BCUT2D eigenvalue weighted by molar-refractivity contribution is -0.126. The molecule has 1 aromatic heterocycles. The minimum absolute atomic E-state index is 0.148. The Bertz CT molecular complexity index is 1400. The molecule has 0 unspecified atom stereocenters. The second kappa shape index (κ2) is 12.5. The molecular formula is C31H31FN4O4. The maximum Gasteiger partial charge on any atom is 0.255 e. The summed E-state index contributed by atoms with van der Waals surface area (Å²) in [6, 6.07) is 18.4. The summed E-state index contributed by atoms with van der Waals surface area (Å²) in [5.41, 5.74) is 2.01. The van der Waals surface area contributed by atoms with Crippen LogP contribution in [0.3, 0.4) is 0 Å². The quantitative estimate of drug-likeness (QED) is 0.512. The highest BCUT2D eigenvalue weighted by atomic mass is 19.1. The first-order valence-corrected chi connectivity index (χ1v) is 13.4. The summed E-state index contributed by atoms with van der Waals surface area (Å²) >= 11 is 0. The largest absolute Gasteiger partial charge is 0.494 e. The number of carbonyl (C=O) groups excluding carboxylic acids is 3. The van der Waals surface area contributed by atoms with Gasteiger partial charge in [0.2, 0.25) is 11.8 Å². The Balaban J connectivity index is 1.34. The van der Waals surface area contributed by atoms with Crippen LogP contribution in [0.5, 0.6) is 5.75 Å². The molecule has 0 saturated carbocycles. The molecule has 2 bridgehead atoms. The van der Waals surface area contributed by atoms with Gasteiger partial charge in [-0.2, -0.15) is 0 Å². The van der Waals surface area contributed by atoms with Gasteiger partial charge >= 0.3 is 0 Å². The molecule has 0 spiro atoms. The molecule has 2 aromatic carbocycles. The molecule has 2 aliphatic heterocycles. The number of fused-ring (bicyclic) bond motifs is 4. The SMILES string of the molecule is O=C1NCCN(C(=O)c2cncc(F)c2)CCCOc2cccc(c2)[C@H]2CN(C(=O)/C=C/c3ccccc3)C[C@H]12. The number of amides is 3. The fourth-order valence-corrected chi connectivity index (χ4v) is 5.18. The first kappa shape index (κ1) is 27.1. The first-order valence-electron chi connectivity index (χ1n) is 13.4. The van der Waals surface area contributed by atoms with E-state index in [-0.39, 0.29) is 48.8 Å². The predicted octanol–water partition coefficient (Wildman–Crippen LogP) is 3.52. The molecule has 40 heavy (non-hydrogen) atoms. The molecule has 3 amide bonds. The molecule has 3 aromatic rings. The van der Waals surface area contributed by atoms with Gasteiger partial charge in [0.1, 0.15) is 11.6 Å². The van der Waals surface area contributed by atoms with E-state index in [9.17, 15) is 18.8 Å². The fourth-order valence-electron chi connectivity index (χ4n) is 5.18. The average molecular weight is 543 g/mol. The van der Waals surface area contributed by atoms with Crippen molar-refractivity contribution in [3.05, 3.63) is 102 Å². The van der Waals surface area contributed by atoms with E-state index in [4.69, 9.17) is 4.74 Å². The van der Waals surface area contributed by atoms with Gasteiger partial charge in [0.15, 0.2) is 0 Å². The number of rotatable bonds is 3. The number of halogens is 1. The van der Waals surface area contributed by atoms with Gasteiger partial charge in [0, 0.05) is 50.9 Å². The van der Waals surface area contributed by atoms with E-state index in [0.717, 1.165) is 23.4 Å². The highest BCUT2D eigenvalue weighted by molar-refractivity contribution is 5.94. The average Bonchev–Trinajstić information content (AvgIpc) is 3.43. The summed E-state index contributed by atoms with van der Waals surface area (Å²) in [6.45, 7) is 1.89. The zero-order chi connectivity index (χ0) is 27.9. The van der Waals surface area contributed by atoms with Gasteiger partial charge in [-0.25, -0.2) is 4.39 Å². The highest BCUT2D eigenvalue weighted by Gasteiger charge is 2.40. The van der Waals surface area contributed by atoms with Gasteiger partial charge in [-0.1, -0.05) is 42.5 Å². The Kier molecular flexibility index (Phi) is 8.49. The third-order valence-corrected chi connectivity index (χ3v) is 7.23. The summed E-state index contributed by atoms with van der Waals surface area (Å²) in [5.74, 6) is -1.31. The van der Waals surface area contributed by atoms with Gasteiger partial charge in [0.05, 0.1) is 24.3 Å². The van der Waals surface area contributed by atoms with Gasteiger partial charge in [-0.05, 0) is 41.8 Å². The van der Waals surface area contributed by atoms with Crippen molar-refractivity contribution >= 4 is 23.8 Å². The lowest BCUT2D eigenvalue weighted by Gasteiger charge is -2.25. The first-order chi connectivity index (χ1) is 19.5. The lowest BCUT2D eigenvalue weighted by atomic mass is 9.88. The molecule has 0 radical (unpaired) electrons. The third kappa shape index (κ3) is 6.54. The Morgan fingerprint density at radius 2 is 1.80 bits per heavy atom. The van der Waals surface area contributed by atoms with Crippen molar-refractivity contribution in [2.45, 2.75) is 12.3 Å². The second-order valence-electron chi connectivity index (χ2n) is 9.95. The van der Waals surface area contributed by atoms with E-state index in [0.29, 0.717) is 31.9 Å². The van der Waals surface area contributed by atoms with Crippen molar-refractivity contribution < 1.29 is 23.5 Å². The van der Waals surface area contributed by atoms with Crippen LogP contribution in [0.15, 0.2) is 79.1 Å². The molecule has 2 atom stereocenters. The molecule has 1 saturated heterocycles. The molecule has 2 aliphatic rings. The van der Waals surface area contributed by atoms with Crippen LogP contribution in [-0.4, -0.2) is 71.8 Å². The maximum atomic E-state index is 13.7. The second-order valence-corrected chi connectivity index (χ2v) is 9.95. The number of likely N-dealkylation sites (tertiary alicyclic amines) is 1. The molecule has 1 fully saturated rings. The maximum absolute atomic E-state index is 13.7. The summed E-state index contributed by atoms with van der Waals surface area (Å²) in [6.07, 6.45) is 6.24.